The van der Waals surface area contributed by atoms with Gasteiger partial charge >= 0.3 is 0 Å². The van der Waals surface area contributed by atoms with Gasteiger partial charge in [0.25, 0.3) is 0 Å². The molecule has 2 rings (SSSR count). The molecule has 2 aromatic rings. The molecular weight excluding hydrogens is 318 g/mol. The van der Waals surface area contributed by atoms with Crippen molar-refractivity contribution in [1.29, 1.82) is 0 Å². The van der Waals surface area contributed by atoms with Crippen molar-refractivity contribution in [2.75, 3.05) is 6.54 Å². The van der Waals surface area contributed by atoms with Crippen LogP contribution < -0.4 is 10.5 Å². The molecule has 0 bridgehead atoms. The molecule has 5 heteroatoms. The van der Waals surface area contributed by atoms with Crippen LogP contribution in [-0.4, -0.2) is 16.3 Å². The van der Waals surface area contributed by atoms with E-state index < -0.39 is 0 Å². The first-order chi connectivity index (χ1) is 9.63. The lowest BCUT2D eigenvalue weighted by Crippen LogP contribution is -2.04. The van der Waals surface area contributed by atoms with E-state index >= 15 is 0 Å². The van der Waals surface area contributed by atoms with E-state index in [9.17, 15) is 0 Å². The number of rotatable bonds is 6. The number of hydrogen-bond donors (Lipinski definition) is 1. The molecule has 0 aliphatic rings. The minimum atomic E-state index is 0.512. The predicted molar refractivity (Wildman–Crippen MR) is 83.8 cm³/mol. The molecule has 0 spiro atoms. The van der Waals surface area contributed by atoms with Gasteiger partial charge in [-0.1, -0.05) is 13.0 Å². The molecule has 0 aliphatic carbocycles. The first kappa shape index (κ1) is 15.1. The van der Waals surface area contributed by atoms with Crippen molar-refractivity contribution in [3.63, 3.8) is 0 Å². The summed E-state index contributed by atoms with van der Waals surface area (Å²) in [6, 6.07) is 8.17. The summed E-state index contributed by atoms with van der Waals surface area (Å²) in [4.78, 5) is 0. The van der Waals surface area contributed by atoms with Crippen molar-refractivity contribution < 1.29 is 4.74 Å². The average Bonchev–Trinajstić information content (AvgIpc) is 2.79. The van der Waals surface area contributed by atoms with Crippen LogP contribution in [0.1, 0.15) is 23.9 Å². The fourth-order valence-corrected chi connectivity index (χ4v) is 2.56. The highest BCUT2D eigenvalue weighted by Crippen LogP contribution is 2.27. The Balaban J connectivity index is 2.04. The number of aryl methyl sites for hydroxylation is 2. The van der Waals surface area contributed by atoms with Crippen LogP contribution in [0.2, 0.25) is 0 Å². The SMILES string of the molecule is CCc1cc(COc2ccc(CCN)cc2Br)n(C)n1. The molecule has 1 aromatic heterocycles. The van der Waals surface area contributed by atoms with E-state index in [1.807, 2.05) is 23.9 Å². The van der Waals surface area contributed by atoms with Crippen LogP contribution in [-0.2, 0) is 26.5 Å². The molecule has 4 nitrogen and oxygen atoms in total. The summed E-state index contributed by atoms with van der Waals surface area (Å²) in [6.45, 7) is 3.26. The van der Waals surface area contributed by atoms with Gasteiger partial charge in [-0.05, 0) is 59.1 Å². The monoisotopic (exact) mass is 337 g/mol. The summed E-state index contributed by atoms with van der Waals surface area (Å²) in [6.07, 6.45) is 1.81. The molecular formula is C15H20BrN3O. The standard InChI is InChI=1S/C15H20BrN3O/c1-3-12-9-13(19(2)18-12)10-20-15-5-4-11(6-7-17)8-14(15)16/h4-5,8-9H,3,6-7,10,17H2,1-2H3. The third-order valence-electron chi connectivity index (χ3n) is 3.19. The molecule has 0 saturated heterocycles. The van der Waals surface area contributed by atoms with Gasteiger partial charge < -0.3 is 10.5 Å². The molecule has 0 unspecified atom stereocenters. The van der Waals surface area contributed by atoms with Crippen LogP contribution in [0.25, 0.3) is 0 Å². The van der Waals surface area contributed by atoms with Gasteiger partial charge in [0.2, 0.25) is 0 Å². The molecule has 2 N–H and O–H groups in total. The molecule has 0 amide bonds. The summed E-state index contributed by atoms with van der Waals surface area (Å²) < 4.78 is 8.69. The van der Waals surface area contributed by atoms with E-state index in [2.05, 4.69) is 40.1 Å². The second kappa shape index (κ2) is 6.90. The minimum Gasteiger partial charge on any atom is -0.486 e. The van der Waals surface area contributed by atoms with Crippen LogP contribution in [0, 0.1) is 0 Å². The van der Waals surface area contributed by atoms with E-state index in [-0.39, 0.29) is 0 Å². The summed E-state index contributed by atoms with van der Waals surface area (Å²) >= 11 is 3.54. The lowest BCUT2D eigenvalue weighted by atomic mass is 10.1. The quantitative estimate of drug-likeness (QED) is 0.881. The second-order valence-corrected chi connectivity index (χ2v) is 5.55. The van der Waals surface area contributed by atoms with Gasteiger partial charge in [0, 0.05) is 7.05 Å². The zero-order valence-corrected chi connectivity index (χ0v) is 13.5. The fourth-order valence-electron chi connectivity index (χ4n) is 2.01. The van der Waals surface area contributed by atoms with E-state index in [1.54, 1.807) is 0 Å². The topological polar surface area (TPSA) is 53.1 Å². The number of halogens is 1. The van der Waals surface area contributed by atoms with Gasteiger partial charge in [-0.15, -0.1) is 0 Å². The lowest BCUT2D eigenvalue weighted by Gasteiger charge is -2.09. The molecule has 0 radical (unpaired) electrons. The molecule has 0 atom stereocenters. The number of nitrogens with zero attached hydrogens (tertiary/aromatic N) is 2. The fraction of sp³-hybridized carbons (Fsp3) is 0.400. The summed E-state index contributed by atoms with van der Waals surface area (Å²) in [5.41, 5.74) is 8.92. The van der Waals surface area contributed by atoms with Gasteiger partial charge in [0.05, 0.1) is 15.9 Å². The van der Waals surface area contributed by atoms with Crippen LogP contribution in [0.4, 0.5) is 0 Å². The van der Waals surface area contributed by atoms with Crippen molar-refractivity contribution in [2.24, 2.45) is 12.8 Å². The van der Waals surface area contributed by atoms with Crippen molar-refractivity contribution in [3.05, 3.63) is 45.7 Å². The van der Waals surface area contributed by atoms with Crippen molar-refractivity contribution in [1.82, 2.24) is 9.78 Å². The van der Waals surface area contributed by atoms with E-state index in [0.717, 1.165) is 34.5 Å². The van der Waals surface area contributed by atoms with Gasteiger partial charge in [-0.2, -0.15) is 5.10 Å². The third-order valence-corrected chi connectivity index (χ3v) is 3.81. The van der Waals surface area contributed by atoms with Crippen molar-refractivity contribution in [2.45, 2.75) is 26.4 Å². The van der Waals surface area contributed by atoms with Crippen LogP contribution in [0.15, 0.2) is 28.7 Å². The number of benzene rings is 1. The highest BCUT2D eigenvalue weighted by Gasteiger charge is 2.07. The number of ether oxygens (including phenoxy) is 1. The van der Waals surface area contributed by atoms with Crippen LogP contribution in [0.5, 0.6) is 5.75 Å². The van der Waals surface area contributed by atoms with Gasteiger partial charge in [0.15, 0.2) is 0 Å². The zero-order chi connectivity index (χ0) is 14.5. The zero-order valence-electron chi connectivity index (χ0n) is 11.9. The van der Waals surface area contributed by atoms with Gasteiger partial charge in [-0.25, -0.2) is 0 Å². The Hall–Kier alpha value is -1.33. The summed E-state index contributed by atoms with van der Waals surface area (Å²) in [5.74, 6) is 0.838. The van der Waals surface area contributed by atoms with Crippen LogP contribution >= 0.6 is 15.9 Å². The maximum absolute atomic E-state index is 5.86. The lowest BCUT2D eigenvalue weighted by molar-refractivity contribution is 0.293. The molecule has 0 fully saturated rings. The van der Waals surface area contributed by atoms with Crippen molar-refractivity contribution >= 4 is 15.9 Å². The maximum atomic E-state index is 5.86. The number of hydrogen-bond acceptors (Lipinski definition) is 3. The first-order valence-corrected chi connectivity index (χ1v) is 7.56. The Labute approximate surface area is 128 Å². The highest BCUT2D eigenvalue weighted by molar-refractivity contribution is 9.10. The Kier molecular flexibility index (Phi) is 5.20. The molecule has 108 valence electrons. The molecule has 0 saturated carbocycles. The molecule has 1 aromatic carbocycles. The smallest absolute Gasteiger partial charge is 0.134 e. The minimum absolute atomic E-state index is 0.512. The highest BCUT2D eigenvalue weighted by atomic mass is 79.9. The van der Waals surface area contributed by atoms with E-state index in [1.165, 1.54) is 5.56 Å². The summed E-state index contributed by atoms with van der Waals surface area (Å²) in [7, 11) is 1.94. The Morgan fingerprint density at radius 2 is 2.15 bits per heavy atom. The Morgan fingerprint density at radius 3 is 2.75 bits per heavy atom. The molecule has 0 aliphatic heterocycles. The number of aromatic nitrogens is 2. The average molecular weight is 338 g/mol. The van der Waals surface area contributed by atoms with Crippen LogP contribution in [0.3, 0.4) is 0 Å². The third kappa shape index (κ3) is 3.61. The number of nitrogens with two attached hydrogens (primary N) is 1. The molecule has 1 heterocycles. The Morgan fingerprint density at radius 1 is 1.35 bits per heavy atom. The van der Waals surface area contributed by atoms with Crippen molar-refractivity contribution in [3.8, 4) is 5.75 Å². The normalized spacial score (nSPS) is 10.8. The second-order valence-electron chi connectivity index (χ2n) is 4.70. The van der Waals surface area contributed by atoms with E-state index in [0.29, 0.717) is 13.2 Å². The Bertz CT molecular complexity index is 580. The summed E-state index contributed by atoms with van der Waals surface area (Å²) in [5, 5.41) is 4.41. The van der Waals surface area contributed by atoms with Gasteiger partial charge in [-0.3, -0.25) is 4.68 Å². The van der Waals surface area contributed by atoms with E-state index in [4.69, 9.17) is 10.5 Å². The predicted octanol–water partition coefficient (Wildman–Crippen LogP) is 2.83. The van der Waals surface area contributed by atoms with Gasteiger partial charge in [0.1, 0.15) is 12.4 Å². The maximum Gasteiger partial charge on any atom is 0.134 e. The first-order valence-electron chi connectivity index (χ1n) is 6.77. The largest absolute Gasteiger partial charge is 0.486 e. The molecule has 20 heavy (non-hydrogen) atoms.